The average Bonchev–Trinajstić information content (AvgIpc) is 2.08. The van der Waals surface area contributed by atoms with Gasteiger partial charge in [0.15, 0.2) is 0 Å². The van der Waals surface area contributed by atoms with Crippen LogP contribution in [0.5, 0.6) is 0 Å². The topological polar surface area (TPSA) is 12.0 Å². The third-order valence-electron chi connectivity index (χ3n) is 1.76. The fourth-order valence-electron chi connectivity index (χ4n) is 1.03. The van der Waals surface area contributed by atoms with Gasteiger partial charge in [0.2, 0.25) is 0 Å². The number of rotatable bonds is 6. The first-order chi connectivity index (χ1) is 6.49. The standard InChI is InChI=1S/C12H23NS/c1-6-8-11(13-9-7-2)10-14-12(3,4)5/h1,11,13H,7-10H2,2-5H3. The van der Waals surface area contributed by atoms with E-state index in [-0.39, 0.29) is 0 Å². The van der Waals surface area contributed by atoms with E-state index in [1.165, 1.54) is 6.42 Å². The number of nitrogens with one attached hydrogen (secondary N) is 1. The van der Waals surface area contributed by atoms with Gasteiger partial charge in [-0.1, -0.05) is 27.7 Å². The van der Waals surface area contributed by atoms with Crippen LogP contribution >= 0.6 is 11.8 Å². The van der Waals surface area contributed by atoms with Crippen LogP contribution in [0, 0.1) is 12.3 Å². The minimum Gasteiger partial charge on any atom is -0.312 e. The molecule has 1 nitrogen and oxygen atoms in total. The van der Waals surface area contributed by atoms with Gasteiger partial charge in [0.25, 0.3) is 0 Å². The van der Waals surface area contributed by atoms with Crippen molar-refractivity contribution in [1.82, 2.24) is 5.32 Å². The SMILES string of the molecule is C#CCC(CSC(C)(C)C)NCCC. The summed E-state index contributed by atoms with van der Waals surface area (Å²) in [6, 6.07) is 0.476. The lowest BCUT2D eigenvalue weighted by Crippen LogP contribution is -2.32. The highest BCUT2D eigenvalue weighted by atomic mass is 32.2. The van der Waals surface area contributed by atoms with E-state index in [1.54, 1.807) is 0 Å². The predicted molar refractivity (Wildman–Crippen MR) is 67.7 cm³/mol. The molecule has 0 radical (unpaired) electrons. The molecule has 0 aliphatic carbocycles. The van der Waals surface area contributed by atoms with Crippen LogP contribution in [0.3, 0.4) is 0 Å². The van der Waals surface area contributed by atoms with Crippen LogP contribution in [0.4, 0.5) is 0 Å². The third kappa shape index (κ3) is 8.47. The lowest BCUT2D eigenvalue weighted by molar-refractivity contribution is 0.561. The highest BCUT2D eigenvalue weighted by Crippen LogP contribution is 2.24. The van der Waals surface area contributed by atoms with Crippen molar-refractivity contribution in [2.75, 3.05) is 12.3 Å². The second kappa shape index (κ2) is 7.20. The number of hydrogen-bond acceptors (Lipinski definition) is 2. The van der Waals surface area contributed by atoms with E-state index in [0.717, 1.165) is 18.7 Å². The zero-order chi connectivity index (χ0) is 11.0. The first kappa shape index (κ1) is 13.9. The highest BCUT2D eigenvalue weighted by molar-refractivity contribution is 8.00. The molecule has 0 aliphatic heterocycles. The van der Waals surface area contributed by atoms with Gasteiger partial charge in [-0.05, 0) is 13.0 Å². The second-order valence-corrected chi connectivity index (χ2v) is 6.33. The van der Waals surface area contributed by atoms with Crippen molar-refractivity contribution < 1.29 is 0 Å². The van der Waals surface area contributed by atoms with E-state index in [0.29, 0.717) is 10.8 Å². The van der Waals surface area contributed by atoms with Crippen LogP contribution in [0.25, 0.3) is 0 Å². The Morgan fingerprint density at radius 3 is 2.50 bits per heavy atom. The monoisotopic (exact) mass is 213 g/mol. The minimum atomic E-state index is 0.334. The molecule has 2 heteroatoms. The molecule has 1 unspecified atom stereocenters. The molecular weight excluding hydrogens is 190 g/mol. The molecule has 0 spiro atoms. The van der Waals surface area contributed by atoms with E-state index in [9.17, 15) is 0 Å². The minimum absolute atomic E-state index is 0.334. The zero-order valence-corrected chi connectivity index (χ0v) is 10.7. The summed E-state index contributed by atoms with van der Waals surface area (Å²) in [5, 5.41) is 3.48. The molecule has 0 fully saturated rings. The van der Waals surface area contributed by atoms with Crippen molar-refractivity contribution in [3.63, 3.8) is 0 Å². The molecule has 82 valence electrons. The maximum Gasteiger partial charge on any atom is 0.0267 e. The Balaban J connectivity index is 3.79. The molecule has 0 rings (SSSR count). The Morgan fingerprint density at radius 2 is 2.07 bits per heavy atom. The van der Waals surface area contributed by atoms with Crippen molar-refractivity contribution in [2.45, 2.75) is 51.3 Å². The first-order valence-corrected chi connectivity index (χ1v) is 6.29. The Bertz CT molecular complexity index is 176. The van der Waals surface area contributed by atoms with E-state index < -0.39 is 0 Å². The Kier molecular flexibility index (Phi) is 7.13. The van der Waals surface area contributed by atoms with Crippen molar-refractivity contribution in [1.29, 1.82) is 0 Å². The molecule has 0 amide bonds. The number of thioether (sulfide) groups is 1. The van der Waals surface area contributed by atoms with Gasteiger partial charge in [0, 0.05) is 23.0 Å². The molecule has 14 heavy (non-hydrogen) atoms. The van der Waals surface area contributed by atoms with Gasteiger partial charge in [-0.25, -0.2) is 0 Å². The summed E-state index contributed by atoms with van der Waals surface area (Å²) in [7, 11) is 0. The highest BCUT2D eigenvalue weighted by Gasteiger charge is 2.14. The maximum absolute atomic E-state index is 5.34. The summed E-state index contributed by atoms with van der Waals surface area (Å²) in [5.41, 5.74) is 0. The van der Waals surface area contributed by atoms with Gasteiger partial charge in [-0.3, -0.25) is 0 Å². The molecule has 1 N–H and O–H groups in total. The summed E-state index contributed by atoms with van der Waals surface area (Å²) in [5.74, 6) is 3.84. The van der Waals surface area contributed by atoms with Crippen LogP contribution in [0.15, 0.2) is 0 Å². The molecule has 0 heterocycles. The molecular formula is C12H23NS. The third-order valence-corrected chi connectivity index (χ3v) is 3.20. The van der Waals surface area contributed by atoms with Gasteiger partial charge in [0.05, 0.1) is 0 Å². The first-order valence-electron chi connectivity index (χ1n) is 5.30. The fourth-order valence-corrected chi connectivity index (χ4v) is 1.97. The van der Waals surface area contributed by atoms with Crippen molar-refractivity contribution >= 4 is 11.8 Å². The lowest BCUT2D eigenvalue weighted by Gasteiger charge is -2.22. The zero-order valence-electron chi connectivity index (χ0n) is 9.89. The van der Waals surface area contributed by atoms with E-state index in [1.807, 2.05) is 11.8 Å². The predicted octanol–water partition coefficient (Wildman–Crippen LogP) is 2.91. The number of terminal acetylenes is 1. The Labute approximate surface area is 93.4 Å². The normalized spacial score (nSPS) is 13.6. The number of hydrogen-bond donors (Lipinski definition) is 1. The maximum atomic E-state index is 5.34. The van der Waals surface area contributed by atoms with Crippen molar-refractivity contribution in [2.24, 2.45) is 0 Å². The van der Waals surface area contributed by atoms with Crippen LogP contribution in [0.1, 0.15) is 40.5 Å². The Hall–Kier alpha value is -0.130. The molecule has 0 aromatic carbocycles. The second-order valence-electron chi connectivity index (χ2n) is 4.48. The molecule has 1 atom stereocenters. The van der Waals surface area contributed by atoms with E-state index in [4.69, 9.17) is 6.42 Å². The molecule has 0 bridgehead atoms. The van der Waals surface area contributed by atoms with Crippen molar-refractivity contribution in [3.8, 4) is 12.3 Å². The summed E-state index contributed by atoms with van der Waals surface area (Å²) in [4.78, 5) is 0. The molecule has 0 aromatic rings. The summed E-state index contributed by atoms with van der Waals surface area (Å²) in [6.07, 6.45) is 7.35. The molecule has 0 saturated heterocycles. The van der Waals surface area contributed by atoms with Gasteiger partial charge in [-0.2, -0.15) is 11.8 Å². The van der Waals surface area contributed by atoms with Gasteiger partial charge in [-0.15, -0.1) is 12.3 Å². The fraction of sp³-hybridized carbons (Fsp3) is 0.833. The molecule has 0 aliphatic rings. The van der Waals surface area contributed by atoms with Gasteiger partial charge < -0.3 is 5.32 Å². The van der Waals surface area contributed by atoms with Gasteiger partial charge in [0.1, 0.15) is 0 Å². The van der Waals surface area contributed by atoms with E-state index >= 15 is 0 Å². The van der Waals surface area contributed by atoms with Crippen LogP contribution in [-0.4, -0.2) is 23.1 Å². The smallest absolute Gasteiger partial charge is 0.0267 e. The van der Waals surface area contributed by atoms with Crippen molar-refractivity contribution in [3.05, 3.63) is 0 Å². The summed E-state index contributed by atoms with van der Waals surface area (Å²) < 4.78 is 0.334. The van der Waals surface area contributed by atoms with E-state index in [2.05, 4.69) is 38.9 Å². The van der Waals surface area contributed by atoms with Crippen LogP contribution in [-0.2, 0) is 0 Å². The Morgan fingerprint density at radius 1 is 1.43 bits per heavy atom. The molecule has 0 aromatic heterocycles. The summed E-state index contributed by atoms with van der Waals surface area (Å²) in [6.45, 7) is 9.97. The largest absolute Gasteiger partial charge is 0.312 e. The van der Waals surface area contributed by atoms with Gasteiger partial charge >= 0.3 is 0 Å². The molecule has 0 saturated carbocycles. The van der Waals surface area contributed by atoms with Crippen LogP contribution < -0.4 is 5.32 Å². The average molecular weight is 213 g/mol. The quantitative estimate of drug-likeness (QED) is 0.681. The van der Waals surface area contributed by atoms with Crippen LogP contribution in [0.2, 0.25) is 0 Å². The summed E-state index contributed by atoms with van der Waals surface area (Å²) >= 11 is 1.97. The lowest BCUT2D eigenvalue weighted by atomic mass is 10.2.